The molecule has 1 aliphatic rings. The molecule has 0 saturated carbocycles. The van der Waals surface area contributed by atoms with Crippen molar-refractivity contribution in [2.75, 3.05) is 19.7 Å². The van der Waals surface area contributed by atoms with Crippen LogP contribution < -0.4 is 5.73 Å². The van der Waals surface area contributed by atoms with Crippen LogP contribution in [0.15, 0.2) is 18.3 Å². The molecule has 1 saturated heterocycles. The minimum absolute atomic E-state index is 0.104. The lowest BCUT2D eigenvalue weighted by molar-refractivity contribution is 0.00185. The summed E-state index contributed by atoms with van der Waals surface area (Å²) in [6.45, 7) is 5.01. The third-order valence-electron chi connectivity index (χ3n) is 2.99. The van der Waals surface area contributed by atoms with Gasteiger partial charge in [-0.05, 0) is 18.6 Å². The molecule has 1 fully saturated rings. The number of amidine groups is 1. The van der Waals surface area contributed by atoms with Crippen molar-refractivity contribution in [2.45, 2.75) is 19.6 Å². The minimum Gasteiger partial charge on any atom is -0.385 e. The van der Waals surface area contributed by atoms with E-state index in [2.05, 4.69) is 22.9 Å². The van der Waals surface area contributed by atoms with Gasteiger partial charge in [0.15, 0.2) is 0 Å². The Morgan fingerprint density at radius 1 is 1.71 bits per heavy atom. The summed E-state index contributed by atoms with van der Waals surface area (Å²) in [5.74, 6) is 0.104. The molecule has 5 heteroatoms. The highest BCUT2D eigenvalue weighted by molar-refractivity contribution is 5.82. The number of aromatic nitrogens is 1. The topological polar surface area (TPSA) is 75.2 Å². The fourth-order valence-electron chi connectivity index (χ4n) is 1.93. The van der Waals surface area contributed by atoms with E-state index in [1.54, 1.807) is 0 Å². The molecule has 5 nitrogen and oxygen atoms in total. The summed E-state index contributed by atoms with van der Waals surface area (Å²) in [7, 11) is 0. The lowest BCUT2D eigenvalue weighted by atomic mass is 10.2. The van der Waals surface area contributed by atoms with Crippen molar-refractivity contribution < 1.29 is 4.74 Å². The Balaban J connectivity index is 1.99. The van der Waals surface area contributed by atoms with Gasteiger partial charge in [0.05, 0.1) is 12.3 Å². The Morgan fingerprint density at radius 3 is 3.24 bits per heavy atom. The van der Waals surface area contributed by atoms with Gasteiger partial charge in [0, 0.05) is 25.8 Å². The number of morpholine rings is 1. The van der Waals surface area contributed by atoms with E-state index in [-0.39, 0.29) is 11.9 Å². The second-order valence-corrected chi connectivity index (χ2v) is 4.32. The van der Waals surface area contributed by atoms with E-state index >= 15 is 0 Å². The molecule has 0 amide bonds. The number of hydrogen-bond donors (Lipinski definition) is 2. The average molecular weight is 234 g/mol. The molecule has 92 valence electrons. The first-order valence-corrected chi connectivity index (χ1v) is 5.75. The number of ether oxygens (including phenoxy) is 1. The maximum absolute atomic E-state index is 7.41. The van der Waals surface area contributed by atoms with Crippen LogP contribution in [0.1, 0.15) is 11.3 Å². The van der Waals surface area contributed by atoms with Crippen molar-refractivity contribution in [3.05, 3.63) is 29.6 Å². The molecule has 2 rings (SSSR count). The van der Waals surface area contributed by atoms with Gasteiger partial charge in [-0.15, -0.1) is 0 Å². The molecule has 2 heterocycles. The minimum atomic E-state index is -0.271. The summed E-state index contributed by atoms with van der Waals surface area (Å²) < 4.78 is 5.43. The van der Waals surface area contributed by atoms with E-state index in [0.717, 1.165) is 18.8 Å². The standard InChI is InChI=1S/C12H18N4O/c1-9-3-2-4-15-10(9)7-16-5-6-17-11(8-16)12(13)14/h2-4,11H,5-8H2,1H3,(H3,13,14). The first-order chi connectivity index (χ1) is 8.16. The number of nitrogens with one attached hydrogen (secondary N) is 1. The lowest BCUT2D eigenvalue weighted by Crippen LogP contribution is -2.47. The summed E-state index contributed by atoms with van der Waals surface area (Å²) in [5.41, 5.74) is 7.74. The zero-order valence-corrected chi connectivity index (χ0v) is 10.0. The smallest absolute Gasteiger partial charge is 0.127 e. The third kappa shape index (κ3) is 3.01. The fraction of sp³-hybridized carbons (Fsp3) is 0.500. The van der Waals surface area contributed by atoms with E-state index in [1.165, 1.54) is 5.56 Å². The van der Waals surface area contributed by atoms with Crippen LogP contribution in [0.25, 0.3) is 0 Å². The highest BCUT2D eigenvalue weighted by Crippen LogP contribution is 2.11. The summed E-state index contributed by atoms with van der Waals surface area (Å²) in [4.78, 5) is 6.60. The zero-order valence-electron chi connectivity index (χ0n) is 10.0. The number of aryl methyl sites for hydroxylation is 1. The van der Waals surface area contributed by atoms with E-state index in [0.29, 0.717) is 13.2 Å². The van der Waals surface area contributed by atoms with E-state index in [4.69, 9.17) is 15.9 Å². The van der Waals surface area contributed by atoms with Crippen LogP contribution in [0.3, 0.4) is 0 Å². The average Bonchev–Trinajstić information content (AvgIpc) is 2.32. The maximum atomic E-state index is 7.41. The molecule has 0 aliphatic carbocycles. The Morgan fingerprint density at radius 2 is 2.53 bits per heavy atom. The van der Waals surface area contributed by atoms with E-state index in [9.17, 15) is 0 Å². The van der Waals surface area contributed by atoms with Gasteiger partial charge in [0.1, 0.15) is 11.9 Å². The second-order valence-electron chi connectivity index (χ2n) is 4.32. The van der Waals surface area contributed by atoms with Crippen molar-refractivity contribution in [3.8, 4) is 0 Å². The Labute approximate surface area is 101 Å². The molecular weight excluding hydrogens is 216 g/mol. The summed E-state index contributed by atoms with van der Waals surface area (Å²) in [6.07, 6.45) is 1.54. The normalized spacial score (nSPS) is 21.4. The molecule has 3 N–H and O–H groups in total. The van der Waals surface area contributed by atoms with Gasteiger partial charge >= 0.3 is 0 Å². The predicted molar refractivity (Wildman–Crippen MR) is 65.9 cm³/mol. The van der Waals surface area contributed by atoms with Gasteiger partial charge in [-0.2, -0.15) is 0 Å². The largest absolute Gasteiger partial charge is 0.385 e. The third-order valence-corrected chi connectivity index (χ3v) is 2.99. The molecule has 0 spiro atoms. The Hall–Kier alpha value is -1.46. The molecule has 0 radical (unpaired) electrons. The molecular formula is C12H18N4O. The van der Waals surface area contributed by atoms with Crippen LogP contribution in [-0.2, 0) is 11.3 Å². The van der Waals surface area contributed by atoms with Crippen LogP contribution in [0, 0.1) is 12.3 Å². The van der Waals surface area contributed by atoms with Crippen LogP contribution in [0.5, 0.6) is 0 Å². The van der Waals surface area contributed by atoms with Crippen LogP contribution in [0.2, 0.25) is 0 Å². The van der Waals surface area contributed by atoms with Crippen molar-refractivity contribution in [2.24, 2.45) is 5.73 Å². The van der Waals surface area contributed by atoms with E-state index in [1.807, 2.05) is 12.3 Å². The first-order valence-electron chi connectivity index (χ1n) is 5.75. The number of rotatable bonds is 3. The Kier molecular flexibility index (Phi) is 3.71. The zero-order chi connectivity index (χ0) is 12.3. The highest BCUT2D eigenvalue weighted by Gasteiger charge is 2.23. The predicted octanol–water partition coefficient (Wildman–Crippen LogP) is 0.527. The number of nitrogens with two attached hydrogens (primary N) is 1. The first kappa shape index (κ1) is 12.0. The van der Waals surface area contributed by atoms with Gasteiger partial charge in [0.25, 0.3) is 0 Å². The summed E-state index contributed by atoms with van der Waals surface area (Å²) >= 11 is 0. The molecule has 1 aromatic heterocycles. The molecule has 1 unspecified atom stereocenters. The number of hydrogen-bond acceptors (Lipinski definition) is 4. The van der Waals surface area contributed by atoms with Crippen LogP contribution >= 0.6 is 0 Å². The monoisotopic (exact) mass is 234 g/mol. The summed E-state index contributed by atoms with van der Waals surface area (Å²) in [6, 6.07) is 4.00. The van der Waals surface area contributed by atoms with Gasteiger partial charge in [0.2, 0.25) is 0 Å². The SMILES string of the molecule is Cc1cccnc1CN1CCOC(C(=N)N)C1. The van der Waals surface area contributed by atoms with Gasteiger partial charge in [-0.25, -0.2) is 0 Å². The van der Waals surface area contributed by atoms with Crippen molar-refractivity contribution in [1.82, 2.24) is 9.88 Å². The fourth-order valence-corrected chi connectivity index (χ4v) is 1.93. The van der Waals surface area contributed by atoms with Gasteiger partial charge in [-0.3, -0.25) is 15.3 Å². The summed E-state index contributed by atoms with van der Waals surface area (Å²) in [5, 5.41) is 7.41. The van der Waals surface area contributed by atoms with Gasteiger partial charge in [-0.1, -0.05) is 6.07 Å². The van der Waals surface area contributed by atoms with Crippen LogP contribution in [-0.4, -0.2) is 41.5 Å². The second kappa shape index (κ2) is 5.25. The molecule has 1 aromatic rings. The van der Waals surface area contributed by atoms with Gasteiger partial charge < -0.3 is 10.5 Å². The molecule has 0 bridgehead atoms. The lowest BCUT2D eigenvalue weighted by Gasteiger charge is -2.32. The molecule has 1 atom stereocenters. The van der Waals surface area contributed by atoms with Crippen molar-refractivity contribution in [3.63, 3.8) is 0 Å². The quantitative estimate of drug-likeness (QED) is 0.591. The highest BCUT2D eigenvalue weighted by atomic mass is 16.5. The number of pyridine rings is 1. The molecule has 1 aliphatic heterocycles. The Bertz CT molecular complexity index is 407. The van der Waals surface area contributed by atoms with Crippen LogP contribution in [0.4, 0.5) is 0 Å². The molecule has 17 heavy (non-hydrogen) atoms. The number of nitrogens with zero attached hydrogens (tertiary/aromatic N) is 2. The molecule has 0 aromatic carbocycles. The van der Waals surface area contributed by atoms with E-state index < -0.39 is 0 Å². The van der Waals surface area contributed by atoms with Crippen molar-refractivity contribution in [1.29, 1.82) is 5.41 Å². The van der Waals surface area contributed by atoms with Crippen molar-refractivity contribution >= 4 is 5.84 Å². The maximum Gasteiger partial charge on any atom is 0.127 e.